The zero-order valence-electron chi connectivity index (χ0n) is 19.6. The predicted molar refractivity (Wildman–Crippen MR) is 121 cm³/mol. The molecule has 2 N–H and O–H groups in total. The third kappa shape index (κ3) is 8.07. The molecule has 0 aromatic carbocycles. The summed E-state index contributed by atoms with van der Waals surface area (Å²) in [5, 5.41) is 11.3. The second-order valence-corrected chi connectivity index (χ2v) is 7.81. The fourth-order valence-electron chi connectivity index (χ4n) is 3.41. The number of hydrogen-bond acceptors (Lipinski definition) is 3. The number of carbonyl (C=O) groups is 1. The predicted octanol–water partition coefficient (Wildman–Crippen LogP) is 2.88. The van der Waals surface area contributed by atoms with Crippen molar-refractivity contribution in [1.29, 1.82) is 0 Å². The molecule has 0 aliphatic heterocycles. The van der Waals surface area contributed by atoms with Gasteiger partial charge in [0.25, 0.3) is 0 Å². The van der Waals surface area contributed by atoms with Crippen LogP contribution in [0.15, 0.2) is 4.99 Å². The van der Waals surface area contributed by atoms with Crippen LogP contribution in [0, 0.1) is 5.92 Å². The van der Waals surface area contributed by atoms with Crippen LogP contribution in [-0.2, 0) is 31.2 Å². The molecule has 0 bridgehead atoms. The van der Waals surface area contributed by atoms with Crippen LogP contribution in [0.4, 0.5) is 0 Å². The normalized spacial score (nSPS) is 12.7. The van der Waals surface area contributed by atoms with Crippen molar-refractivity contribution in [2.75, 3.05) is 27.2 Å². The third-order valence-corrected chi connectivity index (χ3v) is 5.43. The number of rotatable bonds is 12. The van der Waals surface area contributed by atoms with Crippen LogP contribution in [0.5, 0.6) is 0 Å². The number of unbranched alkanes of at least 4 members (excludes halogenated alkanes) is 1. The van der Waals surface area contributed by atoms with Gasteiger partial charge in [-0.3, -0.25) is 9.48 Å². The molecule has 7 nitrogen and oxygen atoms in total. The Kier molecular flexibility index (Phi) is 11.4. The lowest BCUT2D eigenvalue weighted by Gasteiger charge is -2.19. The monoisotopic (exact) mass is 406 g/mol. The molecule has 1 rings (SSSR count). The van der Waals surface area contributed by atoms with Gasteiger partial charge in [0, 0.05) is 38.9 Å². The molecule has 0 spiro atoms. The van der Waals surface area contributed by atoms with Crippen LogP contribution in [0.3, 0.4) is 0 Å². The molecule has 1 amide bonds. The molecule has 1 heterocycles. The fraction of sp³-hybridized carbons (Fsp3) is 0.773. The number of nitrogens with one attached hydrogen (secondary N) is 2. The van der Waals surface area contributed by atoms with Crippen LogP contribution in [0.25, 0.3) is 0 Å². The van der Waals surface area contributed by atoms with Gasteiger partial charge in [0.2, 0.25) is 5.91 Å². The molecule has 0 aliphatic rings. The molecule has 1 atom stereocenters. The fourth-order valence-corrected chi connectivity index (χ4v) is 3.41. The lowest BCUT2D eigenvalue weighted by atomic mass is 9.99. The van der Waals surface area contributed by atoms with Gasteiger partial charge >= 0.3 is 0 Å². The molecular weight excluding hydrogens is 364 g/mol. The van der Waals surface area contributed by atoms with Gasteiger partial charge in [0.1, 0.15) is 0 Å². The lowest BCUT2D eigenvalue weighted by molar-refractivity contribution is -0.127. The standard InChI is InChI=1S/C22H42N6O/c1-8-12-13-17(9-2)14-23-22(25-16-21(29)27(5)6)24-15-18-19(10-3)26-28(7)20(18)11-4/h17H,8-16H2,1-7H3,(H2,23,24,25). The topological polar surface area (TPSA) is 74.5 Å². The molecule has 166 valence electrons. The zero-order valence-corrected chi connectivity index (χ0v) is 19.6. The van der Waals surface area contributed by atoms with Gasteiger partial charge in [0.05, 0.1) is 18.8 Å². The highest BCUT2D eigenvalue weighted by molar-refractivity contribution is 5.86. The summed E-state index contributed by atoms with van der Waals surface area (Å²) in [6.45, 7) is 10.4. The third-order valence-electron chi connectivity index (χ3n) is 5.43. The smallest absolute Gasteiger partial charge is 0.241 e. The molecule has 0 aliphatic carbocycles. The van der Waals surface area contributed by atoms with Crippen molar-refractivity contribution < 1.29 is 4.79 Å². The van der Waals surface area contributed by atoms with E-state index in [1.807, 2.05) is 11.7 Å². The maximum Gasteiger partial charge on any atom is 0.241 e. The van der Waals surface area contributed by atoms with Crippen LogP contribution < -0.4 is 10.6 Å². The summed E-state index contributed by atoms with van der Waals surface area (Å²) < 4.78 is 1.97. The van der Waals surface area contributed by atoms with Crippen molar-refractivity contribution in [2.24, 2.45) is 18.0 Å². The molecule has 1 aromatic rings. The van der Waals surface area contributed by atoms with Gasteiger partial charge in [-0.15, -0.1) is 0 Å². The Balaban J connectivity index is 2.93. The molecular formula is C22H42N6O. The van der Waals surface area contributed by atoms with Gasteiger partial charge in [-0.25, -0.2) is 4.99 Å². The highest BCUT2D eigenvalue weighted by Crippen LogP contribution is 2.16. The Bertz CT molecular complexity index is 650. The minimum Gasteiger partial charge on any atom is -0.356 e. The van der Waals surface area contributed by atoms with Crippen LogP contribution in [0.1, 0.15) is 70.3 Å². The largest absolute Gasteiger partial charge is 0.356 e. The number of aliphatic imine (C=N–C) groups is 1. The number of carbonyl (C=O) groups excluding carboxylic acids is 1. The van der Waals surface area contributed by atoms with Gasteiger partial charge < -0.3 is 15.5 Å². The summed E-state index contributed by atoms with van der Waals surface area (Å²) in [6, 6.07) is 0. The first kappa shape index (κ1) is 25.0. The molecule has 1 unspecified atom stereocenters. The molecule has 29 heavy (non-hydrogen) atoms. The van der Waals surface area contributed by atoms with E-state index in [9.17, 15) is 4.79 Å². The van der Waals surface area contributed by atoms with E-state index in [2.05, 4.69) is 43.4 Å². The van der Waals surface area contributed by atoms with Crippen molar-refractivity contribution in [1.82, 2.24) is 25.3 Å². The van der Waals surface area contributed by atoms with E-state index >= 15 is 0 Å². The molecule has 0 radical (unpaired) electrons. The van der Waals surface area contributed by atoms with E-state index in [1.54, 1.807) is 19.0 Å². The van der Waals surface area contributed by atoms with Gasteiger partial charge in [-0.2, -0.15) is 5.10 Å². The SMILES string of the molecule is CCCCC(CC)CNC(=NCc1c(CC)nn(C)c1CC)NCC(=O)N(C)C. The molecule has 0 fully saturated rings. The Morgan fingerprint density at radius 2 is 1.90 bits per heavy atom. The van der Waals surface area contributed by atoms with Gasteiger partial charge in [0.15, 0.2) is 5.96 Å². The number of guanidine groups is 1. The first-order valence-electron chi connectivity index (χ1n) is 11.1. The molecule has 0 saturated carbocycles. The zero-order chi connectivity index (χ0) is 21.8. The van der Waals surface area contributed by atoms with E-state index in [-0.39, 0.29) is 12.5 Å². The quantitative estimate of drug-likeness (QED) is 0.413. The summed E-state index contributed by atoms with van der Waals surface area (Å²) in [5.41, 5.74) is 3.53. The lowest BCUT2D eigenvalue weighted by Crippen LogP contribution is -2.44. The molecule has 1 aromatic heterocycles. The number of aryl methyl sites for hydroxylation is 2. The number of likely N-dealkylation sites (N-methyl/N-ethyl adjacent to an activating group) is 1. The average Bonchev–Trinajstić information content (AvgIpc) is 3.03. The second kappa shape index (κ2) is 13.2. The molecule has 7 heteroatoms. The van der Waals surface area contributed by atoms with E-state index in [0.717, 1.165) is 31.5 Å². The first-order valence-corrected chi connectivity index (χ1v) is 11.1. The number of nitrogens with zero attached hydrogens (tertiary/aromatic N) is 4. The van der Waals surface area contributed by atoms with Crippen molar-refractivity contribution >= 4 is 11.9 Å². The van der Waals surface area contributed by atoms with Crippen molar-refractivity contribution in [3.05, 3.63) is 17.0 Å². The summed E-state index contributed by atoms with van der Waals surface area (Å²) in [6.07, 6.45) is 6.63. The highest BCUT2D eigenvalue weighted by atomic mass is 16.2. The van der Waals surface area contributed by atoms with E-state index in [1.165, 1.54) is 30.5 Å². The maximum atomic E-state index is 12.0. The minimum atomic E-state index is 0.0300. The van der Waals surface area contributed by atoms with E-state index in [4.69, 9.17) is 4.99 Å². The maximum absolute atomic E-state index is 12.0. The van der Waals surface area contributed by atoms with E-state index < -0.39 is 0 Å². The number of hydrogen-bond donors (Lipinski definition) is 2. The Hall–Kier alpha value is -2.05. The Morgan fingerprint density at radius 3 is 2.45 bits per heavy atom. The van der Waals surface area contributed by atoms with Crippen LogP contribution >= 0.6 is 0 Å². The van der Waals surface area contributed by atoms with Gasteiger partial charge in [-0.1, -0.05) is 47.0 Å². The highest BCUT2D eigenvalue weighted by Gasteiger charge is 2.14. The Morgan fingerprint density at radius 1 is 1.17 bits per heavy atom. The van der Waals surface area contributed by atoms with Crippen LogP contribution in [-0.4, -0.2) is 53.7 Å². The summed E-state index contributed by atoms with van der Waals surface area (Å²) >= 11 is 0. The number of aromatic nitrogens is 2. The molecule has 0 saturated heterocycles. The minimum absolute atomic E-state index is 0.0300. The first-order chi connectivity index (χ1) is 13.9. The van der Waals surface area contributed by atoms with Crippen molar-refractivity contribution in [3.8, 4) is 0 Å². The number of amides is 1. The van der Waals surface area contributed by atoms with E-state index in [0.29, 0.717) is 18.4 Å². The summed E-state index contributed by atoms with van der Waals surface area (Å²) in [7, 11) is 5.53. The summed E-state index contributed by atoms with van der Waals surface area (Å²) in [4.78, 5) is 18.4. The second-order valence-electron chi connectivity index (χ2n) is 7.81. The van der Waals surface area contributed by atoms with Crippen LogP contribution in [0.2, 0.25) is 0 Å². The van der Waals surface area contributed by atoms with Crippen molar-refractivity contribution in [3.63, 3.8) is 0 Å². The summed E-state index contributed by atoms with van der Waals surface area (Å²) in [5.74, 6) is 1.34. The average molecular weight is 407 g/mol. The van der Waals surface area contributed by atoms with Gasteiger partial charge in [-0.05, 0) is 25.2 Å². The Labute approximate surface area is 177 Å². The van der Waals surface area contributed by atoms with Crippen molar-refractivity contribution in [2.45, 2.75) is 72.8 Å².